The molecule has 2 N–H and O–H groups in total. The highest BCUT2D eigenvalue weighted by molar-refractivity contribution is 7.92. The van der Waals surface area contributed by atoms with Gasteiger partial charge < -0.3 is 10.1 Å². The number of para-hydroxylation sites is 1. The van der Waals surface area contributed by atoms with Gasteiger partial charge in [-0.15, -0.1) is 0 Å². The third-order valence-corrected chi connectivity index (χ3v) is 6.17. The zero-order chi connectivity index (χ0) is 22.4. The number of ether oxygens (including phenoxy) is 1. The van der Waals surface area contributed by atoms with E-state index in [-0.39, 0.29) is 28.1 Å². The lowest BCUT2D eigenvalue weighted by atomic mass is 10.1. The maximum Gasteiger partial charge on any atom is 0.261 e. The van der Waals surface area contributed by atoms with Crippen molar-refractivity contribution < 1.29 is 17.9 Å². The predicted molar refractivity (Wildman–Crippen MR) is 122 cm³/mol. The molecule has 31 heavy (non-hydrogen) atoms. The molecule has 0 aromatic heterocycles. The average Bonchev–Trinajstić information content (AvgIpc) is 2.75. The molecular weight excluding hydrogens is 412 g/mol. The molecule has 6 nitrogen and oxygen atoms in total. The van der Waals surface area contributed by atoms with E-state index >= 15 is 0 Å². The van der Waals surface area contributed by atoms with Gasteiger partial charge in [-0.05, 0) is 62.7 Å². The minimum Gasteiger partial charge on any atom is -0.494 e. The molecule has 0 spiro atoms. The van der Waals surface area contributed by atoms with Crippen LogP contribution in [0.25, 0.3) is 0 Å². The molecule has 1 unspecified atom stereocenters. The van der Waals surface area contributed by atoms with Crippen molar-refractivity contribution in [1.82, 2.24) is 5.32 Å². The summed E-state index contributed by atoms with van der Waals surface area (Å²) in [6.07, 6.45) is 0. The minimum atomic E-state index is -3.82. The number of carbonyl (C=O) groups is 1. The highest BCUT2D eigenvalue weighted by Crippen LogP contribution is 2.22. The van der Waals surface area contributed by atoms with Crippen LogP contribution in [-0.4, -0.2) is 20.9 Å². The highest BCUT2D eigenvalue weighted by Gasteiger charge is 2.20. The van der Waals surface area contributed by atoms with Crippen LogP contribution in [0.2, 0.25) is 0 Å². The summed E-state index contributed by atoms with van der Waals surface area (Å²) in [6, 6.07) is 20.3. The Kier molecular flexibility index (Phi) is 6.97. The van der Waals surface area contributed by atoms with Crippen molar-refractivity contribution >= 4 is 21.6 Å². The van der Waals surface area contributed by atoms with Crippen LogP contribution >= 0.6 is 0 Å². The Morgan fingerprint density at radius 2 is 1.61 bits per heavy atom. The molecule has 1 atom stereocenters. The number of hydrogen-bond acceptors (Lipinski definition) is 4. The van der Waals surface area contributed by atoms with Gasteiger partial charge in [-0.1, -0.05) is 42.0 Å². The third-order valence-electron chi connectivity index (χ3n) is 4.79. The van der Waals surface area contributed by atoms with Gasteiger partial charge in [-0.25, -0.2) is 8.42 Å². The summed E-state index contributed by atoms with van der Waals surface area (Å²) in [4.78, 5) is 13.1. The number of nitrogens with one attached hydrogen (secondary N) is 2. The summed E-state index contributed by atoms with van der Waals surface area (Å²) in [5, 5.41) is 2.92. The SMILES string of the molecule is CCOc1ccc(C(C)NC(=O)c2ccccc2NS(=O)(=O)c2ccc(C)cc2)cc1. The van der Waals surface area contributed by atoms with E-state index in [0.29, 0.717) is 6.61 Å². The van der Waals surface area contributed by atoms with Crippen LogP contribution in [0.5, 0.6) is 5.75 Å². The van der Waals surface area contributed by atoms with Crippen LogP contribution in [0.4, 0.5) is 5.69 Å². The summed E-state index contributed by atoms with van der Waals surface area (Å²) >= 11 is 0. The topological polar surface area (TPSA) is 84.5 Å². The number of carbonyl (C=O) groups excluding carboxylic acids is 1. The molecule has 3 rings (SSSR count). The van der Waals surface area contributed by atoms with Crippen LogP contribution < -0.4 is 14.8 Å². The van der Waals surface area contributed by atoms with E-state index in [1.807, 2.05) is 45.0 Å². The Balaban J connectivity index is 1.77. The fourth-order valence-corrected chi connectivity index (χ4v) is 4.15. The number of aryl methyl sites for hydroxylation is 1. The van der Waals surface area contributed by atoms with Gasteiger partial charge in [0.25, 0.3) is 15.9 Å². The number of hydrogen-bond donors (Lipinski definition) is 2. The van der Waals surface area contributed by atoms with Crippen molar-refractivity contribution in [2.75, 3.05) is 11.3 Å². The molecule has 0 saturated carbocycles. The second kappa shape index (κ2) is 9.66. The van der Waals surface area contributed by atoms with Gasteiger partial charge in [-0.3, -0.25) is 9.52 Å². The van der Waals surface area contributed by atoms with Crippen LogP contribution in [0.1, 0.15) is 41.4 Å². The monoisotopic (exact) mass is 438 g/mol. The van der Waals surface area contributed by atoms with E-state index < -0.39 is 10.0 Å². The largest absolute Gasteiger partial charge is 0.494 e. The van der Waals surface area contributed by atoms with Gasteiger partial charge in [0.05, 0.1) is 28.8 Å². The number of benzene rings is 3. The van der Waals surface area contributed by atoms with Crippen LogP contribution in [-0.2, 0) is 10.0 Å². The Bertz CT molecular complexity index is 1140. The molecule has 0 aliphatic carbocycles. The van der Waals surface area contributed by atoms with E-state index in [9.17, 15) is 13.2 Å². The Morgan fingerprint density at radius 1 is 0.968 bits per heavy atom. The summed E-state index contributed by atoms with van der Waals surface area (Å²) in [5.74, 6) is 0.393. The number of sulfonamides is 1. The van der Waals surface area contributed by atoms with E-state index in [2.05, 4.69) is 10.0 Å². The second-order valence-corrected chi connectivity index (χ2v) is 8.84. The zero-order valence-electron chi connectivity index (χ0n) is 17.8. The lowest BCUT2D eigenvalue weighted by molar-refractivity contribution is 0.0941. The van der Waals surface area contributed by atoms with Crippen molar-refractivity contribution in [2.45, 2.75) is 31.7 Å². The maximum absolute atomic E-state index is 12.9. The Morgan fingerprint density at radius 3 is 2.26 bits per heavy atom. The summed E-state index contributed by atoms with van der Waals surface area (Å²) in [7, 11) is -3.82. The molecule has 0 saturated heterocycles. The molecule has 0 fully saturated rings. The first-order chi connectivity index (χ1) is 14.8. The zero-order valence-corrected chi connectivity index (χ0v) is 18.6. The van der Waals surface area contributed by atoms with Crippen LogP contribution in [0, 0.1) is 6.92 Å². The molecule has 0 aliphatic rings. The van der Waals surface area contributed by atoms with Gasteiger partial charge in [0.1, 0.15) is 5.75 Å². The van der Waals surface area contributed by atoms with Crippen molar-refractivity contribution in [2.24, 2.45) is 0 Å². The number of rotatable bonds is 8. The van der Waals surface area contributed by atoms with Crippen molar-refractivity contribution in [3.8, 4) is 5.75 Å². The molecule has 0 bridgehead atoms. The van der Waals surface area contributed by atoms with Crippen molar-refractivity contribution in [3.05, 3.63) is 89.5 Å². The lowest BCUT2D eigenvalue weighted by Gasteiger charge is -2.17. The normalized spacial score (nSPS) is 12.1. The first-order valence-electron chi connectivity index (χ1n) is 10.0. The molecule has 0 heterocycles. The Hall–Kier alpha value is -3.32. The minimum absolute atomic E-state index is 0.135. The average molecular weight is 439 g/mol. The first kappa shape index (κ1) is 22.4. The quantitative estimate of drug-likeness (QED) is 0.535. The maximum atomic E-state index is 12.9. The van der Waals surface area contributed by atoms with E-state index in [1.165, 1.54) is 12.1 Å². The van der Waals surface area contributed by atoms with Crippen molar-refractivity contribution in [1.29, 1.82) is 0 Å². The van der Waals surface area contributed by atoms with Gasteiger partial charge in [0.15, 0.2) is 0 Å². The smallest absolute Gasteiger partial charge is 0.261 e. The fraction of sp³-hybridized carbons (Fsp3) is 0.208. The summed E-state index contributed by atoms with van der Waals surface area (Å²) in [6.45, 7) is 6.25. The third kappa shape index (κ3) is 5.64. The van der Waals surface area contributed by atoms with E-state index in [0.717, 1.165) is 16.9 Å². The molecule has 1 amide bonds. The molecule has 162 valence electrons. The summed E-state index contributed by atoms with van der Waals surface area (Å²) < 4.78 is 33.5. The van der Waals surface area contributed by atoms with Gasteiger partial charge in [0.2, 0.25) is 0 Å². The van der Waals surface area contributed by atoms with E-state index in [1.54, 1.807) is 36.4 Å². The standard InChI is InChI=1S/C24H26N2O4S/c1-4-30-20-13-11-19(12-14-20)18(3)25-24(27)22-7-5-6-8-23(22)26-31(28,29)21-15-9-17(2)10-16-21/h5-16,18,26H,4H2,1-3H3,(H,25,27). The van der Waals surface area contributed by atoms with Crippen molar-refractivity contribution in [3.63, 3.8) is 0 Å². The molecular formula is C24H26N2O4S. The molecule has 7 heteroatoms. The summed E-state index contributed by atoms with van der Waals surface area (Å²) in [5.41, 5.74) is 2.34. The van der Waals surface area contributed by atoms with E-state index in [4.69, 9.17) is 4.74 Å². The first-order valence-corrected chi connectivity index (χ1v) is 11.5. The number of amides is 1. The fourth-order valence-electron chi connectivity index (χ4n) is 3.07. The van der Waals surface area contributed by atoms with Gasteiger partial charge >= 0.3 is 0 Å². The lowest BCUT2D eigenvalue weighted by Crippen LogP contribution is -2.28. The molecule has 0 radical (unpaired) electrons. The highest BCUT2D eigenvalue weighted by atomic mass is 32.2. The molecule has 3 aromatic carbocycles. The van der Waals surface area contributed by atoms with Crippen LogP contribution in [0.3, 0.4) is 0 Å². The molecule has 3 aromatic rings. The Labute approximate surface area is 183 Å². The second-order valence-electron chi connectivity index (χ2n) is 7.16. The van der Waals surface area contributed by atoms with Crippen LogP contribution in [0.15, 0.2) is 77.7 Å². The van der Waals surface area contributed by atoms with Gasteiger partial charge in [-0.2, -0.15) is 0 Å². The molecule has 0 aliphatic heterocycles. The van der Waals surface area contributed by atoms with Gasteiger partial charge in [0, 0.05) is 0 Å². The number of anilines is 1. The predicted octanol–water partition coefficient (Wildman–Crippen LogP) is 4.69.